The second kappa shape index (κ2) is 15.5. The number of hydrogen-bond acceptors (Lipinski definition) is 9. The van der Waals surface area contributed by atoms with Crippen LogP contribution in [0.4, 0.5) is 0 Å². The third-order valence-corrected chi connectivity index (χ3v) is 11.6. The van der Waals surface area contributed by atoms with E-state index in [0.29, 0.717) is 24.2 Å². The Labute approximate surface area is 288 Å². The first-order valence-electron chi connectivity index (χ1n) is 17.8. The van der Waals surface area contributed by atoms with Gasteiger partial charge in [-0.05, 0) is 93.1 Å². The summed E-state index contributed by atoms with van der Waals surface area (Å²) in [6.07, 6.45) is 6.99. The molecule has 2 saturated heterocycles. The van der Waals surface area contributed by atoms with Gasteiger partial charge >= 0.3 is 0 Å². The van der Waals surface area contributed by atoms with Gasteiger partial charge in [-0.15, -0.1) is 11.3 Å². The Bertz CT molecular complexity index is 1510. The zero-order chi connectivity index (χ0) is 33.8. The Balaban J connectivity index is 1.02. The number of aliphatic hydroxyl groups excluding tert-OH is 1. The van der Waals surface area contributed by atoms with E-state index >= 15 is 0 Å². The van der Waals surface area contributed by atoms with Crippen molar-refractivity contribution in [3.05, 3.63) is 52.9 Å². The molecule has 3 fully saturated rings. The van der Waals surface area contributed by atoms with Crippen molar-refractivity contribution < 1.29 is 24.0 Å². The molecule has 4 atom stereocenters. The van der Waals surface area contributed by atoms with Gasteiger partial charge in [-0.25, -0.2) is 4.98 Å². The summed E-state index contributed by atoms with van der Waals surface area (Å²) in [6, 6.07) is 8.73. The molecule has 11 heteroatoms. The first-order chi connectivity index (χ1) is 23.2. The molecular weight excluding hydrogens is 627 g/mol. The predicted octanol–water partition coefficient (Wildman–Crippen LogP) is 5.97. The van der Waals surface area contributed by atoms with Crippen LogP contribution in [0.1, 0.15) is 94.7 Å². The van der Waals surface area contributed by atoms with E-state index in [1.54, 1.807) is 17.4 Å². The highest BCUT2D eigenvalue weighted by atomic mass is 32.1. The van der Waals surface area contributed by atoms with E-state index in [2.05, 4.69) is 20.4 Å². The molecule has 0 radical (unpaired) electrons. The number of likely N-dealkylation sites (tertiary alicyclic amines) is 2. The Morgan fingerprint density at radius 3 is 2.50 bits per heavy atom. The van der Waals surface area contributed by atoms with Gasteiger partial charge in [0.25, 0.3) is 5.88 Å². The molecule has 2 N–H and O–H groups in total. The number of hydrogen-bond donors (Lipinski definition) is 2. The lowest BCUT2D eigenvalue weighted by Crippen LogP contribution is -2.48. The zero-order valence-electron chi connectivity index (χ0n) is 28.8. The van der Waals surface area contributed by atoms with Crippen molar-refractivity contribution in [2.45, 2.75) is 96.7 Å². The number of piperidine rings is 1. The maximum Gasteiger partial charge on any atom is 0.254 e. The van der Waals surface area contributed by atoms with Gasteiger partial charge in [0.1, 0.15) is 12.0 Å². The number of aryl methyl sites for hydroxylation is 1. The van der Waals surface area contributed by atoms with Crippen molar-refractivity contribution >= 4 is 23.2 Å². The Morgan fingerprint density at radius 2 is 1.85 bits per heavy atom. The molecular formula is C37H51N5O5S. The number of aromatic nitrogens is 2. The standard InChI is InChI=1S/C37H51N5O5S/c1-23(2)34(32-19-33(40-47-32)46-17-14-26-12-15-41(16-13-26)20-27-6-5-7-27)37(45)42-21-30(43)18-31(42)36(44)39-24(3)28-8-10-29(11-9-28)35-25(4)38-22-48-35/h8-11,19,22-24,26-27,30-31,34,43H,5-7,12-18,20-21H2,1-4H3,(H,39,44)/t24-,30+,31-,34-/m0/s1. The molecule has 260 valence electrons. The molecule has 2 aliphatic heterocycles. The summed E-state index contributed by atoms with van der Waals surface area (Å²) in [4.78, 5) is 37.2. The van der Waals surface area contributed by atoms with E-state index in [4.69, 9.17) is 9.26 Å². The molecule has 1 aromatic carbocycles. The topological polar surface area (TPSA) is 121 Å². The molecule has 2 amide bonds. The highest BCUT2D eigenvalue weighted by Gasteiger charge is 2.43. The van der Waals surface area contributed by atoms with E-state index in [1.807, 2.05) is 57.5 Å². The lowest BCUT2D eigenvalue weighted by Gasteiger charge is -2.36. The van der Waals surface area contributed by atoms with Gasteiger partial charge in [0, 0.05) is 25.6 Å². The normalized spacial score (nSPS) is 22.1. The van der Waals surface area contributed by atoms with Gasteiger partial charge in [-0.1, -0.05) is 44.5 Å². The van der Waals surface area contributed by atoms with Crippen molar-refractivity contribution in [1.82, 2.24) is 25.3 Å². The summed E-state index contributed by atoms with van der Waals surface area (Å²) in [5, 5.41) is 17.8. The largest absolute Gasteiger partial charge is 0.475 e. The lowest BCUT2D eigenvalue weighted by atomic mass is 9.84. The van der Waals surface area contributed by atoms with Crippen LogP contribution in [-0.4, -0.2) is 81.8 Å². The van der Waals surface area contributed by atoms with Crippen LogP contribution < -0.4 is 10.1 Å². The third-order valence-electron chi connectivity index (χ3n) is 10.6. The van der Waals surface area contributed by atoms with Crippen molar-refractivity contribution in [3.8, 4) is 16.3 Å². The summed E-state index contributed by atoms with van der Waals surface area (Å²) >= 11 is 1.60. The molecule has 1 aliphatic carbocycles. The average Bonchev–Trinajstić information content (AvgIpc) is 3.80. The van der Waals surface area contributed by atoms with Gasteiger partial charge in [0.2, 0.25) is 11.8 Å². The molecule has 3 aromatic rings. The van der Waals surface area contributed by atoms with Crippen LogP contribution in [0.25, 0.3) is 10.4 Å². The first-order valence-corrected chi connectivity index (χ1v) is 18.6. The van der Waals surface area contributed by atoms with Crippen molar-refractivity contribution in [2.24, 2.45) is 17.8 Å². The number of β-amino-alcohol motifs (C(OH)–C–C–N with tert-alkyl or cyclic N) is 1. The van der Waals surface area contributed by atoms with Crippen molar-refractivity contribution in [3.63, 3.8) is 0 Å². The Morgan fingerprint density at radius 1 is 1.10 bits per heavy atom. The molecule has 0 spiro atoms. The lowest BCUT2D eigenvalue weighted by molar-refractivity contribution is -0.141. The number of carbonyl (C=O) groups is 2. The zero-order valence-corrected chi connectivity index (χ0v) is 29.6. The van der Waals surface area contributed by atoms with Gasteiger partial charge < -0.3 is 29.5 Å². The highest BCUT2D eigenvalue weighted by molar-refractivity contribution is 7.13. The van der Waals surface area contributed by atoms with Crippen LogP contribution in [0.5, 0.6) is 5.88 Å². The monoisotopic (exact) mass is 677 g/mol. The predicted molar refractivity (Wildman–Crippen MR) is 186 cm³/mol. The molecule has 0 bridgehead atoms. The van der Waals surface area contributed by atoms with Crippen LogP contribution in [-0.2, 0) is 9.59 Å². The number of rotatable bonds is 13. The number of ether oxygens (including phenoxy) is 1. The number of aliphatic hydroxyl groups is 1. The Hall–Kier alpha value is -3.28. The van der Waals surface area contributed by atoms with Crippen LogP contribution in [0.15, 0.2) is 40.4 Å². The minimum Gasteiger partial charge on any atom is -0.475 e. The second-order valence-corrected chi connectivity index (χ2v) is 15.3. The van der Waals surface area contributed by atoms with Gasteiger partial charge in [-0.2, -0.15) is 0 Å². The fourth-order valence-electron chi connectivity index (χ4n) is 7.43. The van der Waals surface area contributed by atoms with Crippen molar-refractivity contribution in [2.75, 3.05) is 32.8 Å². The molecule has 10 nitrogen and oxygen atoms in total. The summed E-state index contributed by atoms with van der Waals surface area (Å²) in [5.74, 6) is 1.05. The van der Waals surface area contributed by atoms with E-state index in [-0.39, 0.29) is 36.7 Å². The average molecular weight is 678 g/mol. The summed E-state index contributed by atoms with van der Waals surface area (Å²) in [5.41, 5.74) is 4.87. The van der Waals surface area contributed by atoms with Gasteiger partial charge in [0.05, 0.1) is 34.8 Å². The summed E-state index contributed by atoms with van der Waals surface area (Å²) in [7, 11) is 0. The maximum absolute atomic E-state index is 14.0. The fourth-order valence-corrected chi connectivity index (χ4v) is 8.24. The number of carbonyl (C=O) groups excluding carboxylic acids is 2. The van der Waals surface area contributed by atoms with E-state index in [1.165, 1.54) is 56.6 Å². The van der Waals surface area contributed by atoms with E-state index in [9.17, 15) is 14.7 Å². The number of amides is 2. The molecule has 1 saturated carbocycles. The molecule has 2 aromatic heterocycles. The van der Waals surface area contributed by atoms with Crippen LogP contribution in [0, 0.1) is 24.7 Å². The number of thiazole rings is 1. The number of nitrogens with one attached hydrogen (secondary N) is 1. The summed E-state index contributed by atoms with van der Waals surface area (Å²) in [6.45, 7) is 12.1. The van der Waals surface area contributed by atoms with Crippen LogP contribution in [0.2, 0.25) is 0 Å². The SMILES string of the molecule is Cc1ncsc1-c1ccc([C@H](C)NC(=O)[C@@H]2C[C@@H](O)CN2C(=O)[C@H](c2cc(OCCC3CCN(CC4CCC4)CC3)no2)C(C)C)cc1. The third kappa shape index (κ3) is 8.12. The molecule has 6 rings (SSSR count). The quantitative estimate of drug-likeness (QED) is 0.227. The van der Waals surface area contributed by atoms with Crippen molar-refractivity contribution in [1.29, 1.82) is 0 Å². The van der Waals surface area contributed by atoms with Gasteiger partial charge in [-0.3, -0.25) is 9.59 Å². The number of nitrogens with zero attached hydrogens (tertiary/aromatic N) is 4. The first kappa shape index (κ1) is 34.6. The fraction of sp³-hybridized carbons (Fsp3) is 0.622. The molecule has 48 heavy (non-hydrogen) atoms. The second-order valence-electron chi connectivity index (χ2n) is 14.5. The minimum absolute atomic E-state index is 0.0917. The maximum atomic E-state index is 14.0. The van der Waals surface area contributed by atoms with Crippen LogP contribution in [0.3, 0.4) is 0 Å². The minimum atomic E-state index is -0.784. The Kier molecular flexibility index (Phi) is 11.2. The van der Waals surface area contributed by atoms with E-state index in [0.717, 1.165) is 34.0 Å². The molecule has 4 heterocycles. The highest BCUT2D eigenvalue weighted by Crippen LogP contribution is 2.34. The van der Waals surface area contributed by atoms with Gasteiger partial charge in [0.15, 0.2) is 5.76 Å². The van der Waals surface area contributed by atoms with E-state index < -0.39 is 18.1 Å². The smallest absolute Gasteiger partial charge is 0.254 e. The van der Waals surface area contributed by atoms with Crippen LogP contribution >= 0.6 is 11.3 Å². The molecule has 0 unspecified atom stereocenters. The molecule has 3 aliphatic rings. The number of benzene rings is 1. The summed E-state index contributed by atoms with van der Waals surface area (Å²) < 4.78 is 11.7.